The molecule has 2 bridgehead atoms. The standard InChI is InChI=1S/C51H72N8O8S/c1-9-51(5)50(66)58-23-13-16-38(58)47(63)56(8)40(26-33-17-19-37(20-18-33)55(6)7)48(64)59-28-36(30-68-42-29-57-24-21-34(42)22-25-57)41(60)27-39(59)45(61)53-44(35-14-11-10-12-15-35)49(65)67-32(4)43(46(62)54-51)52-31(2)3/h10-12,14-15,17-20,31-32,34,36,38-40,42-44,52H,9,13,16,21-30H2,1-8H3,(H,53,61)(H,54,62)/t32-,36+,38+,39+,40+,42?,43+,44+,51-/m1/s1. The Kier molecular flexibility index (Phi) is 16.3. The lowest BCUT2D eigenvalue weighted by Crippen LogP contribution is -2.65. The molecule has 0 aliphatic carbocycles. The molecular formula is C51H72N8O8S. The molecule has 2 aromatic carbocycles. The molecule has 68 heavy (non-hydrogen) atoms. The summed E-state index contributed by atoms with van der Waals surface area (Å²) < 4.78 is 6.07. The second-order valence-electron chi connectivity index (χ2n) is 20.2. The van der Waals surface area contributed by atoms with Crippen LogP contribution < -0.4 is 20.9 Å². The van der Waals surface area contributed by atoms with Crippen LogP contribution in [0.2, 0.25) is 0 Å². The number of rotatable bonds is 10. The minimum absolute atomic E-state index is 0.0569. The van der Waals surface area contributed by atoms with E-state index in [0.29, 0.717) is 35.3 Å². The van der Waals surface area contributed by atoms with E-state index in [1.165, 1.54) is 14.7 Å². The molecule has 3 N–H and O–H groups in total. The summed E-state index contributed by atoms with van der Waals surface area (Å²) in [5, 5.41) is 9.40. The number of likely N-dealkylation sites (N-methyl/N-ethyl adjacent to an activating group) is 1. The van der Waals surface area contributed by atoms with E-state index in [9.17, 15) is 24.0 Å². The van der Waals surface area contributed by atoms with E-state index >= 15 is 9.59 Å². The maximum atomic E-state index is 15.7. The summed E-state index contributed by atoms with van der Waals surface area (Å²) in [4.78, 5) is 112. The van der Waals surface area contributed by atoms with Gasteiger partial charge < -0.3 is 45.2 Å². The van der Waals surface area contributed by atoms with Crippen molar-refractivity contribution in [3.05, 3.63) is 65.7 Å². The second kappa shape index (κ2) is 21.7. The summed E-state index contributed by atoms with van der Waals surface area (Å²) in [6, 6.07) is 10.1. The second-order valence-corrected chi connectivity index (χ2v) is 21.5. The van der Waals surface area contributed by atoms with E-state index in [1.807, 2.05) is 57.1 Å². The van der Waals surface area contributed by atoms with Crippen molar-refractivity contribution >= 4 is 58.7 Å². The Morgan fingerprint density at radius 1 is 0.868 bits per heavy atom. The predicted molar refractivity (Wildman–Crippen MR) is 262 cm³/mol. The number of fused-ring (bicyclic) bond motifs is 5. The molecule has 17 heteroatoms. The molecule has 9 atom stereocenters. The van der Waals surface area contributed by atoms with Crippen LogP contribution in [0, 0.1) is 11.8 Å². The highest BCUT2D eigenvalue weighted by Crippen LogP contribution is 2.37. The SMILES string of the molecule is CC[C@@]1(C)NC(=O)[C@@H](NC(C)C)[C@@H](C)OC(=O)[C@H](c2ccccc2)NC(=O)[C@@H]2CC(=O)[C@H](CSC3CN4CCC3CC4)CN2C(=O)[C@H](Cc2ccc(N(C)C)cc2)N(C)C(=O)[C@@H]2CCCN2C1=O. The van der Waals surface area contributed by atoms with E-state index in [4.69, 9.17) is 4.74 Å². The first-order valence-corrected chi connectivity index (χ1v) is 25.6. The van der Waals surface area contributed by atoms with Crippen LogP contribution in [0.4, 0.5) is 5.69 Å². The molecule has 8 rings (SSSR count). The molecule has 5 amide bonds. The molecule has 6 fully saturated rings. The molecule has 0 saturated carbocycles. The number of nitrogens with one attached hydrogen (secondary N) is 3. The van der Waals surface area contributed by atoms with Crippen molar-refractivity contribution in [3.8, 4) is 0 Å². The van der Waals surface area contributed by atoms with Crippen LogP contribution in [0.25, 0.3) is 0 Å². The van der Waals surface area contributed by atoms with Gasteiger partial charge in [0.2, 0.25) is 29.5 Å². The van der Waals surface area contributed by atoms with E-state index < -0.39 is 83.3 Å². The Labute approximate surface area is 406 Å². The monoisotopic (exact) mass is 957 g/mol. The Morgan fingerprint density at radius 3 is 2.18 bits per heavy atom. The third-order valence-electron chi connectivity index (χ3n) is 14.9. The first-order valence-electron chi connectivity index (χ1n) is 24.5. The number of cyclic esters (lactones) is 1. The zero-order chi connectivity index (χ0) is 49.0. The van der Waals surface area contributed by atoms with Gasteiger partial charge >= 0.3 is 5.97 Å². The number of amides is 5. The van der Waals surface area contributed by atoms with Gasteiger partial charge in [-0.3, -0.25) is 28.8 Å². The van der Waals surface area contributed by atoms with Gasteiger partial charge in [-0.05, 0) is 88.2 Å². The van der Waals surface area contributed by atoms with Crippen molar-refractivity contribution in [2.75, 3.05) is 64.5 Å². The van der Waals surface area contributed by atoms with Gasteiger partial charge in [0, 0.05) is 82.3 Å². The van der Waals surface area contributed by atoms with Crippen LogP contribution in [0.5, 0.6) is 0 Å². The Bertz CT molecular complexity index is 2170. The van der Waals surface area contributed by atoms with Gasteiger partial charge in [-0.2, -0.15) is 11.8 Å². The minimum Gasteiger partial charge on any atom is -0.459 e. The van der Waals surface area contributed by atoms with Crippen LogP contribution in [-0.2, 0) is 44.7 Å². The van der Waals surface area contributed by atoms with Crippen LogP contribution in [-0.4, -0.2) is 168 Å². The number of thioether (sulfide) groups is 1. The molecule has 6 aliphatic rings. The third-order valence-corrected chi connectivity index (χ3v) is 16.5. The van der Waals surface area contributed by atoms with Gasteiger partial charge in [-0.25, -0.2) is 4.79 Å². The maximum absolute atomic E-state index is 15.7. The summed E-state index contributed by atoms with van der Waals surface area (Å²) in [7, 11) is 5.43. The molecule has 16 nitrogen and oxygen atoms in total. The largest absolute Gasteiger partial charge is 0.459 e. The van der Waals surface area contributed by atoms with Gasteiger partial charge in [0.25, 0.3) is 0 Å². The fraction of sp³-hybridized carbons (Fsp3) is 0.627. The number of hydrogen-bond acceptors (Lipinski definition) is 12. The van der Waals surface area contributed by atoms with Crippen molar-refractivity contribution in [3.63, 3.8) is 0 Å². The van der Waals surface area contributed by atoms with Crippen LogP contribution >= 0.6 is 11.8 Å². The normalized spacial score (nSPS) is 32.2. The average Bonchev–Trinajstić information content (AvgIpc) is 3.83. The number of anilines is 1. The summed E-state index contributed by atoms with van der Waals surface area (Å²) in [5.41, 5.74) is 0.642. The summed E-state index contributed by atoms with van der Waals surface area (Å²) in [6.07, 6.45) is 1.98. The molecule has 0 spiro atoms. The summed E-state index contributed by atoms with van der Waals surface area (Å²) in [5.74, 6) is -3.26. The molecule has 6 saturated heterocycles. The van der Waals surface area contributed by atoms with Gasteiger partial charge in [-0.1, -0.05) is 63.2 Å². The maximum Gasteiger partial charge on any atom is 0.333 e. The molecule has 1 unspecified atom stereocenters. The average molecular weight is 957 g/mol. The summed E-state index contributed by atoms with van der Waals surface area (Å²) >= 11 is 1.77. The van der Waals surface area contributed by atoms with Crippen LogP contribution in [0.3, 0.4) is 0 Å². The zero-order valence-corrected chi connectivity index (χ0v) is 41.9. The summed E-state index contributed by atoms with van der Waals surface area (Å²) in [6.45, 7) is 12.0. The van der Waals surface area contributed by atoms with Gasteiger partial charge in [-0.15, -0.1) is 0 Å². The zero-order valence-electron chi connectivity index (χ0n) is 41.1. The molecule has 370 valence electrons. The van der Waals surface area contributed by atoms with Crippen molar-refractivity contribution < 1.29 is 38.3 Å². The quantitative estimate of drug-likeness (QED) is 0.297. The minimum atomic E-state index is -1.46. The molecule has 0 radical (unpaired) electrons. The number of hydrogen-bond donors (Lipinski definition) is 3. The van der Waals surface area contributed by atoms with E-state index in [2.05, 4.69) is 20.9 Å². The van der Waals surface area contributed by atoms with Crippen molar-refractivity contribution in [2.24, 2.45) is 11.8 Å². The third kappa shape index (κ3) is 11.2. The highest BCUT2D eigenvalue weighted by atomic mass is 32.2. The number of ketones is 1. The van der Waals surface area contributed by atoms with E-state index in [0.717, 1.165) is 43.7 Å². The van der Waals surface area contributed by atoms with Crippen molar-refractivity contribution in [1.29, 1.82) is 0 Å². The number of nitrogens with zero attached hydrogens (tertiary/aromatic N) is 5. The molecule has 0 aromatic heterocycles. The lowest BCUT2D eigenvalue weighted by molar-refractivity contribution is -0.157. The fourth-order valence-corrected chi connectivity index (χ4v) is 12.1. The molecule has 2 aromatic rings. The smallest absolute Gasteiger partial charge is 0.333 e. The van der Waals surface area contributed by atoms with Gasteiger partial charge in [0.05, 0.1) is 0 Å². The Balaban J connectivity index is 1.31. The number of esters is 1. The van der Waals surface area contributed by atoms with Gasteiger partial charge in [0.1, 0.15) is 41.6 Å². The Morgan fingerprint density at radius 2 is 1.56 bits per heavy atom. The lowest BCUT2D eigenvalue weighted by atomic mass is 9.88. The number of carbonyl (C=O) groups excluding carboxylic acids is 7. The molecule has 6 aliphatic heterocycles. The highest BCUT2D eigenvalue weighted by molar-refractivity contribution is 8.00. The number of Topliss-reactive ketones (excluding diaryl/α,β-unsaturated/α-hetero) is 1. The number of ether oxygens (including phenoxy) is 1. The van der Waals surface area contributed by atoms with Crippen LogP contribution in [0.15, 0.2) is 54.6 Å². The topological polar surface area (TPSA) is 181 Å². The van der Waals surface area contributed by atoms with E-state index in [-0.39, 0.29) is 44.2 Å². The van der Waals surface area contributed by atoms with E-state index in [1.54, 1.807) is 69.9 Å². The molecular weight excluding hydrogens is 885 g/mol. The fourth-order valence-electron chi connectivity index (χ4n) is 10.5. The number of carbonyl (C=O) groups is 7. The number of piperidine rings is 4. The predicted octanol–water partition coefficient (Wildman–Crippen LogP) is 3.18. The first kappa shape index (κ1) is 50.9. The number of benzene rings is 2. The lowest BCUT2D eigenvalue weighted by Gasteiger charge is -2.45. The Hall–Kier alpha value is -5.00. The molecule has 6 heterocycles. The van der Waals surface area contributed by atoms with Crippen molar-refractivity contribution in [2.45, 2.75) is 133 Å². The van der Waals surface area contributed by atoms with Crippen molar-refractivity contribution in [1.82, 2.24) is 35.6 Å². The first-order chi connectivity index (χ1) is 32.4. The van der Waals surface area contributed by atoms with Crippen LogP contribution in [0.1, 0.15) is 90.3 Å². The highest BCUT2D eigenvalue weighted by Gasteiger charge is 2.49. The van der Waals surface area contributed by atoms with Gasteiger partial charge in [0.15, 0.2) is 6.04 Å².